The second-order valence-electron chi connectivity index (χ2n) is 22.9. The topological polar surface area (TPSA) is 534 Å². The molecular weight excluding hydrogens is 1520 g/mol. The predicted molar refractivity (Wildman–Crippen MR) is 388 cm³/mol. The number of aromatic carboxylic acids is 1. The second-order valence-corrected chi connectivity index (χ2v) is 24.9. The lowest BCUT2D eigenvalue weighted by Gasteiger charge is -2.20. The van der Waals surface area contributed by atoms with Crippen LogP contribution in [0.3, 0.4) is 0 Å². The summed E-state index contributed by atoms with van der Waals surface area (Å²) in [6, 6.07) is 29.1. The normalized spacial score (nSPS) is 15.8. The molecule has 9 rings (SSSR count). The minimum absolute atomic E-state index is 0.126. The van der Waals surface area contributed by atoms with Crippen LogP contribution in [0.15, 0.2) is 142 Å². The molecule has 6 unspecified atom stereocenters. The van der Waals surface area contributed by atoms with Gasteiger partial charge in [0.1, 0.15) is 11.5 Å². The molecule has 21 N–H and O–H groups in total. The highest BCUT2D eigenvalue weighted by Crippen LogP contribution is 2.34. The van der Waals surface area contributed by atoms with Gasteiger partial charge in [0.15, 0.2) is 17.9 Å². The van der Waals surface area contributed by atoms with Crippen LogP contribution in [0.2, 0.25) is 10.0 Å². The van der Waals surface area contributed by atoms with Gasteiger partial charge in [-0.15, -0.1) is 0 Å². The minimum atomic E-state index is -1.25. The van der Waals surface area contributed by atoms with Gasteiger partial charge in [-0.05, 0) is 119 Å². The van der Waals surface area contributed by atoms with Crippen LogP contribution in [0.5, 0.6) is 11.5 Å². The van der Waals surface area contributed by atoms with Crippen LogP contribution < -0.4 is 63.8 Å². The fourth-order valence-electron chi connectivity index (χ4n) is 9.89. The first kappa shape index (κ1) is 79.9. The number of carbonyl (C=O) groups is 10. The molecule has 0 aliphatic carbocycles. The number of phenols is 2. The zero-order chi connectivity index (χ0) is 75.6. The third kappa shape index (κ3) is 25.9. The Balaban J connectivity index is 0.000000218. The number of amides is 6. The van der Waals surface area contributed by atoms with Gasteiger partial charge in [0.05, 0.1) is 104 Å². The van der Waals surface area contributed by atoms with Crippen molar-refractivity contribution in [3.8, 4) is 11.5 Å². The van der Waals surface area contributed by atoms with Crippen molar-refractivity contribution in [3.05, 3.63) is 180 Å². The first-order valence-corrected chi connectivity index (χ1v) is 33.3. The largest absolute Gasteiger partial charge is 0.508 e. The van der Waals surface area contributed by atoms with Crippen molar-refractivity contribution in [2.45, 2.75) is 55.7 Å². The number of aliphatic imine (C=N–C) groups is 3. The Hall–Kier alpha value is -11.4. The number of hydrogen-bond donors (Lipinski definition) is 21. The van der Waals surface area contributed by atoms with Gasteiger partial charge in [0.25, 0.3) is 17.7 Å². The number of anilines is 3. The molecule has 34 nitrogen and oxygen atoms in total. The van der Waals surface area contributed by atoms with Crippen LogP contribution in [0, 0.1) is 3.57 Å². The Kier molecular flexibility index (Phi) is 30.1. The number of benzene rings is 6. The summed E-state index contributed by atoms with van der Waals surface area (Å²) >= 11 is 13.8. The zero-order valence-corrected chi connectivity index (χ0v) is 58.3. The Labute approximate surface area is 615 Å². The van der Waals surface area contributed by atoms with Crippen LogP contribution in [-0.2, 0) is 28.8 Å². The third-order valence-electron chi connectivity index (χ3n) is 14.8. The molecule has 0 bridgehead atoms. The number of carboxylic acid groups (broad SMARTS) is 4. The molecule has 3 heterocycles. The Morgan fingerprint density at radius 3 is 1.18 bits per heavy atom. The molecule has 6 atom stereocenters. The fourth-order valence-corrected chi connectivity index (χ4v) is 11.1. The molecule has 6 aromatic rings. The predicted octanol–water partition coefficient (Wildman–Crippen LogP) is 2.46. The minimum Gasteiger partial charge on any atom is -0.508 e. The van der Waals surface area contributed by atoms with Gasteiger partial charge >= 0.3 is 23.9 Å². The molecule has 0 spiro atoms. The molecule has 0 radical (unpaired) electrons. The summed E-state index contributed by atoms with van der Waals surface area (Å²) in [4.78, 5) is 133. The van der Waals surface area contributed by atoms with E-state index in [2.05, 4.69) is 78.8 Å². The molecule has 6 amide bonds. The monoisotopic (exact) mass is 1590 g/mol. The first-order chi connectivity index (χ1) is 49.5. The number of aliphatic hydroxyl groups is 3. The standard InChI is InChI=1S/C23H25N5O7.C22H23ClIN5O6.C22H24ClN5O6/c29-15-10-25-23(26-11-15)27-14-5-3-4-13(8-14)21(33)24-12-19(30)28-18(9-20(31)32)16-6-1-2-7-17(16)22(34)35;23-12-5-15(20(34)16(24)6-12)17(7-19(32)33)29-18(31)10-25-21(35)11-2-1-3-13(4-11)28-22-26-8-14(30)9-27-22;23-13-4-5-18(30)16(7-13)17(8-20(32)33)28-19(31)11-24-21(34)12-2-1-3-14(6-12)27-22-25-9-15(29)10-26-22/h1-8,15,18,29H,9-12H2,(H,24,33)(H,28,30)(H,31,32)(H,34,35)(H2,25,26,27);1-6,14,17,30,34H,7-10H2,(H,25,35)(H,29,31)(H,32,33)(H2,26,27,28);1-7,15,17,29-30H,8-11H2,(H,24,34)(H,28,31)(H,32,33)(H2,25,26,27). The summed E-state index contributed by atoms with van der Waals surface area (Å²) < 4.78 is 0.405. The van der Waals surface area contributed by atoms with Crippen LogP contribution >= 0.6 is 45.8 Å². The summed E-state index contributed by atoms with van der Waals surface area (Å²) in [5.41, 5.74) is 2.89. The molecule has 0 saturated heterocycles. The lowest BCUT2D eigenvalue weighted by atomic mass is 9.98. The number of rotatable bonds is 25. The molecule has 0 aromatic heterocycles. The molecular formula is C67H72Cl2IN15O19. The van der Waals surface area contributed by atoms with E-state index in [0.29, 0.717) is 58.1 Å². The van der Waals surface area contributed by atoms with E-state index < -0.39 is 135 Å². The number of carboxylic acids is 4. The molecule has 550 valence electrons. The molecule has 0 saturated carbocycles. The molecule has 37 heteroatoms. The first-order valence-electron chi connectivity index (χ1n) is 31.4. The van der Waals surface area contributed by atoms with Crippen molar-refractivity contribution in [1.29, 1.82) is 0 Å². The molecule has 3 aliphatic heterocycles. The highest BCUT2D eigenvalue weighted by atomic mass is 127. The van der Waals surface area contributed by atoms with E-state index in [1.165, 1.54) is 48.5 Å². The Morgan fingerprint density at radius 1 is 0.452 bits per heavy atom. The van der Waals surface area contributed by atoms with Crippen molar-refractivity contribution in [1.82, 2.24) is 47.9 Å². The van der Waals surface area contributed by atoms with Gasteiger partial charge in [-0.3, -0.25) is 58.1 Å². The molecule has 104 heavy (non-hydrogen) atoms. The zero-order valence-electron chi connectivity index (χ0n) is 54.7. The summed E-state index contributed by atoms with van der Waals surface area (Å²) in [6.45, 7) is 0.559. The maximum atomic E-state index is 12.6. The number of aliphatic hydroxyl groups excluding tert-OH is 3. The number of hydrogen-bond acceptors (Lipinski definition) is 24. The number of aliphatic carboxylic acids is 3. The van der Waals surface area contributed by atoms with Gasteiger partial charge in [-0.2, -0.15) is 0 Å². The third-order valence-corrected chi connectivity index (χ3v) is 16.1. The molecule has 3 aliphatic rings. The molecule has 6 aromatic carbocycles. The maximum absolute atomic E-state index is 12.6. The fraction of sp³-hybridized carbons (Fsp3) is 0.269. The summed E-state index contributed by atoms with van der Waals surface area (Å²) in [5, 5.41) is 119. The Bertz CT molecular complexity index is 4270. The highest BCUT2D eigenvalue weighted by molar-refractivity contribution is 14.1. The van der Waals surface area contributed by atoms with Gasteiger partial charge in [-0.1, -0.05) is 59.6 Å². The van der Waals surface area contributed by atoms with Gasteiger partial charge in [0, 0.05) is 74.6 Å². The summed E-state index contributed by atoms with van der Waals surface area (Å²) in [5.74, 6) is -7.41. The van der Waals surface area contributed by atoms with Gasteiger partial charge < -0.3 is 110 Å². The van der Waals surface area contributed by atoms with Crippen molar-refractivity contribution >= 4 is 140 Å². The van der Waals surface area contributed by atoms with E-state index in [4.69, 9.17) is 23.2 Å². The second kappa shape index (κ2) is 39.2. The van der Waals surface area contributed by atoms with Gasteiger partial charge in [-0.25, -0.2) is 4.79 Å². The maximum Gasteiger partial charge on any atom is 0.336 e. The van der Waals surface area contributed by atoms with E-state index in [1.807, 2.05) is 22.6 Å². The van der Waals surface area contributed by atoms with E-state index in [9.17, 15) is 93.9 Å². The van der Waals surface area contributed by atoms with E-state index >= 15 is 0 Å². The van der Waals surface area contributed by atoms with Crippen LogP contribution in [0.1, 0.15) is 95.5 Å². The average molecular weight is 1590 g/mol. The SMILES string of the molecule is O=C(O)CC(NC(=O)CNC(=O)c1cccc(NC2=NCC(O)CN2)c1)c1cc(Cl)cc(I)c1O.O=C(O)CC(NC(=O)CNC(=O)c1cccc(NC2=NCC(O)CN2)c1)c1cc(Cl)ccc1O.O=C(O)CC(NC(=O)CNC(=O)c1cccc(NC2=NCC(O)CN2)c1)c1ccccc1C(=O)O. The van der Waals surface area contributed by atoms with Crippen molar-refractivity contribution in [3.63, 3.8) is 0 Å². The number of guanidine groups is 3. The van der Waals surface area contributed by atoms with Gasteiger partial charge in [0.2, 0.25) is 17.7 Å². The number of carbonyl (C=O) groups excluding carboxylic acids is 6. The lowest BCUT2D eigenvalue weighted by molar-refractivity contribution is -0.139. The highest BCUT2D eigenvalue weighted by Gasteiger charge is 2.27. The number of β-amino-alcohol motifs (C(OH)–C–C–N with tert-alkyl or cyclic N) is 3. The lowest BCUT2D eigenvalue weighted by Crippen LogP contribution is -2.42. The number of phenolic OH excluding ortho intramolecular Hbond substituents is 2. The average Bonchev–Trinajstić information content (AvgIpc) is 0.837. The Morgan fingerprint density at radius 2 is 0.817 bits per heavy atom. The number of nitrogens with zero attached hydrogens (tertiary/aromatic N) is 3. The smallest absolute Gasteiger partial charge is 0.336 e. The van der Waals surface area contributed by atoms with Crippen LogP contribution in [-0.4, -0.2) is 200 Å². The quantitative estimate of drug-likeness (QED) is 0.0366. The van der Waals surface area contributed by atoms with E-state index in [0.717, 1.165) is 0 Å². The summed E-state index contributed by atoms with van der Waals surface area (Å²) in [7, 11) is 0. The van der Waals surface area contributed by atoms with Crippen LogP contribution in [0.4, 0.5) is 17.1 Å². The van der Waals surface area contributed by atoms with Crippen molar-refractivity contribution in [2.24, 2.45) is 15.0 Å². The number of halogens is 3. The number of nitrogens with one attached hydrogen (secondary N) is 12. The summed E-state index contributed by atoms with van der Waals surface area (Å²) in [6.07, 6.45) is -3.18. The van der Waals surface area contributed by atoms with E-state index in [1.54, 1.807) is 78.9 Å². The molecule has 0 fully saturated rings. The number of aromatic hydroxyl groups is 2. The van der Waals surface area contributed by atoms with Crippen molar-refractivity contribution in [2.75, 3.05) is 74.9 Å². The van der Waals surface area contributed by atoms with E-state index in [-0.39, 0.29) is 80.1 Å². The van der Waals surface area contributed by atoms with Crippen LogP contribution in [0.25, 0.3) is 0 Å². The van der Waals surface area contributed by atoms with Crippen molar-refractivity contribution < 1.29 is 93.9 Å².